The Labute approximate surface area is 140 Å². The molecule has 0 unspecified atom stereocenters. The minimum Gasteiger partial charge on any atom is -0.395 e. The fourth-order valence-electron chi connectivity index (χ4n) is 2.57. The van der Waals surface area contributed by atoms with Crippen molar-refractivity contribution in [1.29, 1.82) is 0 Å². The number of carbonyl (C=O) groups excluding carboxylic acids is 1. The van der Waals surface area contributed by atoms with Crippen LogP contribution in [0.5, 0.6) is 0 Å². The highest BCUT2D eigenvalue weighted by molar-refractivity contribution is 6.35. The van der Waals surface area contributed by atoms with Crippen molar-refractivity contribution in [3.05, 3.63) is 28.2 Å². The molecular weight excluding hydrogens is 325 g/mol. The lowest BCUT2D eigenvalue weighted by atomic mass is 10.1. The number of carbonyl (C=O) groups is 1. The quantitative estimate of drug-likeness (QED) is 0.856. The predicted molar refractivity (Wildman–Crippen MR) is 89.7 cm³/mol. The van der Waals surface area contributed by atoms with Gasteiger partial charge in [-0.15, -0.1) is 0 Å². The van der Waals surface area contributed by atoms with E-state index < -0.39 is 0 Å². The van der Waals surface area contributed by atoms with Crippen LogP contribution in [0.3, 0.4) is 0 Å². The lowest BCUT2D eigenvalue weighted by Crippen LogP contribution is -2.53. The maximum atomic E-state index is 12.1. The zero-order valence-corrected chi connectivity index (χ0v) is 14.1. The highest BCUT2D eigenvalue weighted by Crippen LogP contribution is 2.25. The van der Waals surface area contributed by atoms with Crippen LogP contribution in [0.25, 0.3) is 0 Å². The molecule has 1 aliphatic heterocycles. The Morgan fingerprint density at radius 3 is 2.91 bits per heavy atom. The number of aliphatic hydroxyl groups excluding tert-OH is 1. The summed E-state index contributed by atoms with van der Waals surface area (Å²) in [7, 11) is 2.04. The maximum Gasteiger partial charge on any atom is 0.225 e. The van der Waals surface area contributed by atoms with Crippen molar-refractivity contribution in [3.63, 3.8) is 0 Å². The zero-order chi connectivity index (χ0) is 16.1. The highest BCUT2D eigenvalue weighted by atomic mass is 35.5. The number of halogens is 2. The first-order valence-corrected chi connectivity index (χ1v) is 8.03. The number of hydrogen-bond donors (Lipinski definition) is 2. The first-order valence-electron chi connectivity index (χ1n) is 7.28. The molecule has 2 rings (SSSR count). The summed E-state index contributed by atoms with van der Waals surface area (Å²) in [5.74, 6) is -0.111. The maximum absolute atomic E-state index is 12.1. The van der Waals surface area contributed by atoms with E-state index in [0.29, 0.717) is 28.7 Å². The van der Waals surface area contributed by atoms with Gasteiger partial charge in [-0.2, -0.15) is 0 Å². The minimum atomic E-state index is -0.111. The Kier molecular flexibility index (Phi) is 6.47. The molecule has 7 heteroatoms. The lowest BCUT2D eigenvalue weighted by Gasteiger charge is -2.39. The zero-order valence-electron chi connectivity index (χ0n) is 12.6. The van der Waals surface area contributed by atoms with Crippen LogP contribution in [0.2, 0.25) is 10.0 Å². The van der Waals surface area contributed by atoms with Gasteiger partial charge < -0.3 is 15.3 Å². The van der Waals surface area contributed by atoms with Crippen LogP contribution in [0.15, 0.2) is 18.2 Å². The summed E-state index contributed by atoms with van der Waals surface area (Å²) in [6.07, 6.45) is 0.350. The summed E-state index contributed by atoms with van der Waals surface area (Å²) in [4.78, 5) is 16.4. The Morgan fingerprint density at radius 1 is 1.41 bits per heavy atom. The number of likely N-dealkylation sites (N-methyl/N-ethyl adjacent to an activating group) is 1. The topological polar surface area (TPSA) is 55.8 Å². The van der Waals surface area contributed by atoms with Gasteiger partial charge in [-0.05, 0) is 25.2 Å². The molecule has 1 fully saturated rings. The van der Waals surface area contributed by atoms with Crippen LogP contribution in [0.1, 0.15) is 6.42 Å². The molecule has 2 N–H and O–H groups in total. The normalized spacial score (nSPS) is 20.1. The lowest BCUT2D eigenvalue weighted by molar-refractivity contribution is -0.116. The number of aliphatic hydroxyl groups is 1. The third kappa shape index (κ3) is 4.83. The average molecular weight is 346 g/mol. The molecule has 5 nitrogen and oxygen atoms in total. The fourth-order valence-corrected chi connectivity index (χ4v) is 2.90. The van der Waals surface area contributed by atoms with Gasteiger partial charge in [0.2, 0.25) is 5.91 Å². The van der Waals surface area contributed by atoms with Gasteiger partial charge in [0, 0.05) is 43.7 Å². The van der Waals surface area contributed by atoms with E-state index in [2.05, 4.69) is 15.1 Å². The van der Waals surface area contributed by atoms with Crippen LogP contribution in [0.4, 0.5) is 5.69 Å². The average Bonchev–Trinajstić information content (AvgIpc) is 2.49. The van der Waals surface area contributed by atoms with E-state index in [9.17, 15) is 9.90 Å². The van der Waals surface area contributed by atoms with Gasteiger partial charge in [0.15, 0.2) is 0 Å². The fraction of sp³-hybridized carbons (Fsp3) is 0.533. The van der Waals surface area contributed by atoms with Gasteiger partial charge >= 0.3 is 0 Å². The largest absolute Gasteiger partial charge is 0.395 e. The summed E-state index contributed by atoms with van der Waals surface area (Å²) in [6, 6.07) is 5.05. The molecule has 0 spiro atoms. The van der Waals surface area contributed by atoms with Crippen molar-refractivity contribution < 1.29 is 9.90 Å². The number of piperazine rings is 1. The third-order valence-corrected chi connectivity index (χ3v) is 4.41. The second-order valence-corrected chi connectivity index (χ2v) is 6.40. The van der Waals surface area contributed by atoms with Crippen molar-refractivity contribution in [2.75, 3.05) is 45.2 Å². The number of hydrogen-bond acceptors (Lipinski definition) is 4. The van der Waals surface area contributed by atoms with Gasteiger partial charge in [-0.1, -0.05) is 23.2 Å². The molecule has 0 saturated carbocycles. The molecule has 22 heavy (non-hydrogen) atoms. The molecule has 1 heterocycles. The minimum absolute atomic E-state index is 0.0845. The summed E-state index contributed by atoms with van der Waals surface area (Å²) < 4.78 is 0. The smallest absolute Gasteiger partial charge is 0.225 e. The van der Waals surface area contributed by atoms with E-state index in [1.165, 1.54) is 0 Å². The van der Waals surface area contributed by atoms with Crippen LogP contribution in [-0.4, -0.2) is 66.7 Å². The second-order valence-electron chi connectivity index (χ2n) is 5.56. The Bertz CT molecular complexity index is 528. The first kappa shape index (κ1) is 17.5. The first-order chi connectivity index (χ1) is 10.5. The van der Waals surface area contributed by atoms with E-state index in [4.69, 9.17) is 23.2 Å². The van der Waals surface area contributed by atoms with E-state index >= 15 is 0 Å². The van der Waals surface area contributed by atoms with Gasteiger partial charge in [-0.3, -0.25) is 9.69 Å². The summed E-state index contributed by atoms with van der Waals surface area (Å²) >= 11 is 11.9. The van der Waals surface area contributed by atoms with Crippen LogP contribution in [0, 0.1) is 0 Å². The molecule has 1 aromatic carbocycles. The highest BCUT2D eigenvalue weighted by Gasteiger charge is 2.24. The molecule has 1 amide bonds. The molecule has 0 aromatic heterocycles. The molecule has 122 valence electrons. The van der Waals surface area contributed by atoms with Crippen LogP contribution < -0.4 is 5.32 Å². The standard InChI is InChI=1S/C15H21Cl2N3O2/c1-19-6-7-20(12(9-19)10-21)5-4-15(22)18-14-8-11(16)2-3-13(14)17/h2-3,8,12,21H,4-7,9-10H2,1H3,(H,18,22)/t12-/m0/s1. The SMILES string of the molecule is CN1CCN(CCC(=O)Nc2cc(Cl)ccc2Cl)[C@H](CO)C1. The monoisotopic (exact) mass is 345 g/mol. The number of benzene rings is 1. The number of rotatable bonds is 5. The van der Waals surface area contributed by atoms with E-state index in [-0.39, 0.29) is 18.6 Å². The van der Waals surface area contributed by atoms with Crippen LogP contribution >= 0.6 is 23.2 Å². The molecule has 0 radical (unpaired) electrons. The van der Waals surface area contributed by atoms with Crippen LogP contribution in [-0.2, 0) is 4.79 Å². The predicted octanol–water partition coefficient (Wildman–Crippen LogP) is 1.93. The van der Waals surface area contributed by atoms with Gasteiger partial charge in [-0.25, -0.2) is 0 Å². The number of nitrogens with zero attached hydrogens (tertiary/aromatic N) is 2. The Morgan fingerprint density at radius 2 is 2.18 bits per heavy atom. The third-order valence-electron chi connectivity index (χ3n) is 3.85. The van der Waals surface area contributed by atoms with Gasteiger partial charge in [0.25, 0.3) is 0 Å². The molecular formula is C15H21Cl2N3O2. The number of amides is 1. The Balaban J connectivity index is 1.86. The van der Waals surface area contributed by atoms with Crippen molar-refractivity contribution in [3.8, 4) is 0 Å². The molecule has 0 bridgehead atoms. The van der Waals surface area contributed by atoms with Crippen molar-refractivity contribution in [2.24, 2.45) is 0 Å². The van der Waals surface area contributed by atoms with E-state index in [1.807, 2.05) is 7.05 Å². The summed E-state index contributed by atoms with van der Waals surface area (Å²) in [5.41, 5.74) is 0.524. The molecule has 1 aromatic rings. The summed E-state index contributed by atoms with van der Waals surface area (Å²) in [5, 5.41) is 13.2. The molecule has 1 saturated heterocycles. The molecule has 1 atom stereocenters. The number of nitrogens with one attached hydrogen (secondary N) is 1. The van der Waals surface area contributed by atoms with Crippen molar-refractivity contribution >= 4 is 34.8 Å². The van der Waals surface area contributed by atoms with E-state index in [0.717, 1.165) is 19.6 Å². The van der Waals surface area contributed by atoms with E-state index in [1.54, 1.807) is 18.2 Å². The second kappa shape index (κ2) is 8.13. The van der Waals surface area contributed by atoms with Gasteiger partial charge in [0.05, 0.1) is 17.3 Å². The van der Waals surface area contributed by atoms with Gasteiger partial charge in [0.1, 0.15) is 0 Å². The van der Waals surface area contributed by atoms with Crippen molar-refractivity contribution in [1.82, 2.24) is 9.80 Å². The number of anilines is 1. The molecule has 0 aliphatic carbocycles. The van der Waals surface area contributed by atoms with Crippen molar-refractivity contribution in [2.45, 2.75) is 12.5 Å². The Hall–Kier alpha value is -0.850. The summed E-state index contributed by atoms with van der Waals surface area (Å²) in [6.45, 7) is 3.33. The molecule has 1 aliphatic rings.